The highest BCUT2D eigenvalue weighted by molar-refractivity contribution is 8.01. The standard InChI is InChI=1S/C17H19N3O5S/c1-11-8-14(19-25-11)18-17(24)12(2)26-10-15(21)20(9-16(22)23)13-6-4-3-5-7-13/h3-8,12H,9-10H2,1-2H3,(H,22,23)(H,18,19,24). The van der Waals surface area contributed by atoms with Crippen LogP contribution in [-0.4, -0.2) is 45.6 Å². The second-order valence-electron chi connectivity index (χ2n) is 5.47. The summed E-state index contributed by atoms with van der Waals surface area (Å²) in [6, 6.07) is 10.1. The molecule has 0 aliphatic heterocycles. The molecule has 2 rings (SSSR count). The van der Waals surface area contributed by atoms with Crippen molar-refractivity contribution in [2.75, 3.05) is 22.5 Å². The lowest BCUT2D eigenvalue weighted by Gasteiger charge is -2.21. The van der Waals surface area contributed by atoms with Crippen LogP contribution < -0.4 is 10.2 Å². The Morgan fingerprint density at radius 3 is 2.58 bits per heavy atom. The number of hydrogen-bond donors (Lipinski definition) is 2. The quantitative estimate of drug-likeness (QED) is 0.725. The zero-order valence-corrected chi connectivity index (χ0v) is 15.2. The smallest absolute Gasteiger partial charge is 0.323 e. The Bertz CT molecular complexity index is 778. The van der Waals surface area contributed by atoms with Gasteiger partial charge in [0.1, 0.15) is 12.3 Å². The average molecular weight is 377 g/mol. The summed E-state index contributed by atoms with van der Waals surface area (Å²) in [7, 11) is 0. The first kappa shape index (κ1) is 19.5. The Balaban J connectivity index is 1.93. The number of benzene rings is 1. The number of nitrogens with zero attached hydrogens (tertiary/aromatic N) is 2. The van der Waals surface area contributed by atoms with Gasteiger partial charge in [0.25, 0.3) is 0 Å². The van der Waals surface area contributed by atoms with Crippen molar-refractivity contribution in [3.63, 3.8) is 0 Å². The van der Waals surface area contributed by atoms with Crippen molar-refractivity contribution in [1.29, 1.82) is 0 Å². The molecule has 0 aliphatic rings. The van der Waals surface area contributed by atoms with Crippen LogP contribution in [0.1, 0.15) is 12.7 Å². The third-order valence-corrected chi connectivity index (χ3v) is 4.50. The van der Waals surface area contributed by atoms with E-state index in [1.54, 1.807) is 50.2 Å². The number of hydrogen-bond acceptors (Lipinski definition) is 6. The Labute approximate surface area is 154 Å². The van der Waals surface area contributed by atoms with Crippen molar-refractivity contribution in [1.82, 2.24) is 5.16 Å². The fourth-order valence-electron chi connectivity index (χ4n) is 2.07. The van der Waals surface area contributed by atoms with Crippen LogP contribution in [0.3, 0.4) is 0 Å². The van der Waals surface area contributed by atoms with Crippen molar-refractivity contribution < 1.29 is 24.0 Å². The number of para-hydroxylation sites is 1. The molecule has 138 valence electrons. The summed E-state index contributed by atoms with van der Waals surface area (Å²) in [5.41, 5.74) is 0.496. The Morgan fingerprint density at radius 2 is 2.00 bits per heavy atom. The van der Waals surface area contributed by atoms with E-state index in [-0.39, 0.29) is 17.6 Å². The van der Waals surface area contributed by atoms with E-state index in [0.717, 1.165) is 11.8 Å². The van der Waals surface area contributed by atoms with Gasteiger partial charge in [0.05, 0.1) is 11.0 Å². The van der Waals surface area contributed by atoms with Gasteiger partial charge in [-0.3, -0.25) is 14.4 Å². The molecule has 0 saturated carbocycles. The fourth-order valence-corrected chi connectivity index (χ4v) is 2.83. The molecule has 0 fully saturated rings. The van der Waals surface area contributed by atoms with Crippen LogP contribution in [-0.2, 0) is 14.4 Å². The van der Waals surface area contributed by atoms with Crippen LogP contribution in [0, 0.1) is 6.92 Å². The van der Waals surface area contributed by atoms with Crippen molar-refractivity contribution in [2.45, 2.75) is 19.1 Å². The number of carboxylic acid groups (broad SMARTS) is 1. The van der Waals surface area contributed by atoms with Gasteiger partial charge in [0.2, 0.25) is 11.8 Å². The number of carboxylic acids is 1. The summed E-state index contributed by atoms with van der Waals surface area (Å²) in [6.45, 7) is 2.92. The molecule has 2 amide bonds. The minimum atomic E-state index is -1.11. The molecule has 0 saturated heterocycles. The Morgan fingerprint density at radius 1 is 1.31 bits per heavy atom. The number of aryl methyl sites for hydroxylation is 1. The molecule has 8 nitrogen and oxygen atoms in total. The van der Waals surface area contributed by atoms with Crippen molar-refractivity contribution in [3.05, 3.63) is 42.2 Å². The summed E-state index contributed by atoms with van der Waals surface area (Å²) in [6.07, 6.45) is 0. The zero-order chi connectivity index (χ0) is 19.1. The lowest BCUT2D eigenvalue weighted by Crippen LogP contribution is -2.37. The topological polar surface area (TPSA) is 113 Å². The van der Waals surface area contributed by atoms with Gasteiger partial charge in [-0.15, -0.1) is 11.8 Å². The fraction of sp³-hybridized carbons (Fsp3) is 0.294. The molecule has 1 atom stereocenters. The van der Waals surface area contributed by atoms with E-state index < -0.39 is 17.8 Å². The largest absolute Gasteiger partial charge is 0.480 e. The summed E-state index contributed by atoms with van der Waals surface area (Å²) in [5, 5.41) is 14.8. The normalized spacial score (nSPS) is 11.6. The number of rotatable bonds is 8. The summed E-state index contributed by atoms with van der Waals surface area (Å²) in [5.74, 6) is -0.972. The molecule has 0 radical (unpaired) electrons. The first-order chi connectivity index (χ1) is 12.4. The third kappa shape index (κ3) is 5.62. The minimum absolute atomic E-state index is 0.0331. The van der Waals surface area contributed by atoms with Gasteiger partial charge in [-0.05, 0) is 26.0 Å². The highest BCUT2D eigenvalue weighted by Crippen LogP contribution is 2.18. The molecule has 9 heteroatoms. The summed E-state index contributed by atoms with van der Waals surface area (Å²) >= 11 is 1.11. The van der Waals surface area contributed by atoms with Gasteiger partial charge in [-0.1, -0.05) is 23.4 Å². The molecule has 26 heavy (non-hydrogen) atoms. The van der Waals surface area contributed by atoms with E-state index in [9.17, 15) is 14.4 Å². The van der Waals surface area contributed by atoms with E-state index in [0.29, 0.717) is 17.3 Å². The van der Waals surface area contributed by atoms with E-state index in [4.69, 9.17) is 9.63 Å². The molecular weight excluding hydrogens is 358 g/mol. The van der Waals surface area contributed by atoms with Gasteiger partial charge in [-0.25, -0.2) is 0 Å². The van der Waals surface area contributed by atoms with E-state index in [1.807, 2.05) is 0 Å². The number of thioether (sulfide) groups is 1. The van der Waals surface area contributed by atoms with E-state index >= 15 is 0 Å². The molecule has 1 aromatic heterocycles. The number of carbonyl (C=O) groups excluding carboxylic acids is 2. The molecule has 1 unspecified atom stereocenters. The van der Waals surface area contributed by atoms with E-state index in [1.165, 1.54) is 4.90 Å². The molecule has 1 aromatic carbocycles. The Kier molecular flexibility index (Phi) is 6.79. The van der Waals surface area contributed by atoms with Crippen molar-refractivity contribution in [3.8, 4) is 0 Å². The molecule has 0 aliphatic carbocycles. The van der Waals surface area contributed by atoms with Crippen molar-refractivity contribution >= 4 is 41.1 Å². The number of aromatic nitrogens is 1. The zero-order valence-electron chi connectivity index (χ0n) is 14.3. The SMILES string of the molecule is Cc1cc(NC(=O)C(C)SCC(=O)N(CC(=O)O)c2ccccc2)no1. The lowest BCUT2D eigenvalue weighted by atomic mass is 10.3. The number of carbonyl (C=O) groups is 3. The number of amides is 2. The molecular formula is C17H19N3O5S. The number of aliphatic carboxylic acids is 1. The molecule has 0 bridgehead atoms. The predicted octanol–water partition coefficient (Wildman–Crippen LogP) is 2.16. The van der Waals surface area contributed by atoms with Crippen molar-refractivity contribution in [2.24, 2.45) is 0 Å². The lowest BCUT2D eigenvalue weighted by molar-refractivity contribution is -0.136. The first-order valence-electron chi connectivity index (χ1n) is 7.80. The summed E-state index contributed by atoms with van der Waals surface area (Å²) < 4.78 is 4.87. The minimum Gasteiger partial charge on any atom is -0.480 e. The van der Waals surface area contributed by atoms with Gasteiger partial charge < -0.3 is 19.8 Å². The van der Waals surface area contributed by atoms with Gasteiger partial charge in [0, 0.05) is 11.8 Å². The Hall–Kier alpha value is -2.81. The second-order valence-corrected chi connectivity index (χ2v) is 6.80. The maximum absolute atomic E-state index is 12.5. The molecule has 1 heterocycles. The number of anilines is 2. The van der Waals surface area contributed by atoms with Crippen LogP contribution in [0.5, 0.6) is 0 Å². The molecule has 0 spiro atoms. The maximum atomic E-state index is 12.5. The summed E-state index contributed by atoms with van der Waals surface area (Å²) in [4.78, 5) is 36.8. The highest BCUT2D eigenvalue weighted by atomic mass is 32.2. The molecule has 2 aromatic rings. The van der Waals surface area contributed by atoms with Crippen LogP contribution in [0.4, 0.5) is 11.5 Å². The van der Waals surface area contributed by atoms with Gasteiger partial charge in [0.15, 0.2) is 5.82 Å². The first-order valence-corrected chi connectivity index (χ1v) is 8.84. The number of nitrogens with one attached hydrogen (secondary N) is 1. The van der Waals surface area contributed by atoms with Crippen LogP contribution in [0.25, 0.3) is 0 Å². The average Bonchev–Trinajstić information content (AvgIpc) is 3.02. The van der Waals surface area contributed by atoms with E-state index in [2.05, 4.69) is 10.5 Å². The van der Waals surface area contributed by atoms with Crippen LogP contribution in [0.15, 0.2) is 40.9 Å². The second kappa shape index (κ2) is 9.04. The van der Waals surface area contributed by atoms with Gasteiger partial charge >= 0.3 is 5.97 Å². The van der Waals surface area contributed by atoms with Crippen LogP contribution in [0.2, 0.25) is 0 Å². The monoisotopic (exact) mass is 377 g/mol. The molecule has 2 N–H and O–H groups in total. The maximum Gasteiger partial charge on any atom is 0.323 e. The van der Waals surface area contributed by atoms with Crippen LogP contribution >= 0.6 is 11.8 Å². The highest BCUT2D eigenvalue weighted by Gasteiger charge is 2.22. The third-order valence-electron chi connectivity index (χ3n) is 3.37. The van der Waals surface area contributed by atoms with Gasteiger partial charge in [-0.2, -0.15) is 0 Å². The predicted molar refractivity (Wildman–Crippen MR) is 98.2 cm³/mol.